The Hall–Kier alpha value is -2.04. The lowest BCUT2D eigenvalue weighted by Crippen LogP contribution is -2.20. The van der Waals surface area contributed by atoms with Gasteiger partial charge in [-0.2, -0.15) is 0 Å². The predicted molar refractivity (Wildman–Crippen MR) is 71.9 cm³/mol. The number of aryl methyl sites for hydroxylation is 1. The molecule has 0 saturated carbocycles. The Kier molecular flexibility index (Phi) is 4.04. The molecular weight excluding hydrogens is 244 g/mol. The second kappa shape index (κ2) is 5.73. The highest BCUT2D eigenvalue weighted by molar-refractivity contribution is 5.91. The lowest BCUT2D eigenvalue weighted by Gasteiger charge is -2.10. The highest BCUT2D eigenvalue weighted by Gasteiger charge is 2.28. The number of carbonyl (C=O) groups excluding carboxylic acids is 2. The van der Waals surface area contributed by atoms with Crippen molar-refractivity contribution in [3.05, 3.63) is 29.8 Å². The smallest absolute Gasteiger partial charge is 0.409 e. The number of likely N-dealkylation sites (N-methyl/N-ethyl adjacent to an activating group) is 1. The van der Waals surface area contributed by atoms with Crippen molar-refractivity contribution in [3.8, 4) is 0 Å². The van der Waals surface area contributed by atoms with Gasteiger partial charge in [0.05, 0.1) is 6.54 Å². The number of hydrogen-bond acceptors (Lipinski definition) is 3. The van der Waals surface area contributed by atoms with E-state index in [9.17, 15) is 9.59 Å². The molecule has 1 aromatic carbocycles. The van der Waals surface area contributed by atoms with Crippen molar-refractivity contribution in [2.45, 2.75) is 25.9 Å². The lowest BCUT2D eigenvalue weighted by atomic mass is 10.1. The van der Waals surface area contributed by atoms with Crippen molar-refractivity contribution in [1.29, 1.82) is 0 Å². The molecule has 0 aliphatic carbocycles. The second-order valence-corrected chi connectivity index (χ2v) is 4.79. The van der Waals surface area contributed by atoms with E-state index in [4.69, 9.17) is 4.74 Å². The first-order chi connectivity index (χ1) is 9.06. The van der Waals surface area contributed by atoms with Crippen LogP contribution in [0.2, 0.25) is 0 Å². The topological polar surface area (TPSA) is 58.6 Å². The number of anilines is 1. The van der Waals surface area contributed by atoms with Gasteiger partial charge < -0.3 is 15.0 Å². The Morgan fingerprint density at radius 1 is 1.47 bits per heavy atom. The molecule has 1 N–H and O–H groups in total. The summed E-state index contributed by atoms with van der Waals surface area (Å²) < 4.78 is 5.10. The van der Waals surface area contributed by atoms with E-state index >= 15 is 0 Å². The van der Waals surface area contributed by atoms with Crippen LogP contribution in [0.4, 0.5) is 10.5 Å². The van der Waals surface area contributed by atoms with Crippen LogP contribution in [0.3, 0.4) is 0 Å². The molecular formula is C14H18N2O3. The molecule has 5 heteroatoms. The van der Waals surface area contributed by atoms with Gasteiger partial charge in [0, 0.05) is 19.2 Å². The number of hydrogen-bond donors (Lipinski definition) is 1. The summed E-state index contributed by atoms with van der Waals surface area (Å²) in [6.45, 7) is 2.50. The molecule has 1 heterocycles. The zero-order valence-corrected chi connectivity index (χ0v) is 11.2. The standard InChI is InChI=1S/C14H18N2O3/c1-10-5-3-4-6-12(10)15-13(17)8-7-11-9-16(2)14(18)19-11/h3-6,11H,7-9H2,1-2H3,(H,15,17). The molecule has 0 bridgehead atoms. The Bertz CT molecular complexity index is 487. The summed E-state index contributed by atoms with van der Waals surface area (Å²) in [5.41, 5.74) is 1.86. The summed E-state index contributed by atoms with van der Waals surface area (Å²) in [4.78, 5) is 24.5. The summed E-state index contributed by atoms with van der Waals surface area (Å²) >= 11 is 0. The van der Waals surface area contributed by atoms with Gasteiger partial charge in [-0.3, -0.25) is 4.79 Å². The molecule has 0 spiro atoms. The molecule has 0 aromatic heterocycles. The second-order valence-electron chi connectivity index (χ2n) is 4.79. The van der Waals surface area contributed by atoms with Crippen LogP contribution >= 0.6 is 0 Å². The molecule has 19 heavy (non-hydrogen) atoms. The number of carbonyl (C=O) groups is 2. The molecule has 1 atom stereocenters. The van der Waals surface area contributed by atoms with E-state index in [-0.39, 0.29) is 18.1 Å². The molecule has 1 unspecified atom stereocenters. The average molecular weight is 262 g/mol. The van der Waals surface area contributed by atoms with Crippen molar-refractivity contribution in [2.75, 3.05) is 18.9 Å². The zero-order chi connectivity index (χ0) is 13.8. The third-order valence-corrected chi connectivity index (χ3v) is 3.17. The van der Waals surface area contributed by atoms with Crippen LogP contribution in [-0.2, 0) is 9.53 Å². The fourth-order valence-electron chi connectivity index (χ4n) is 2.02. The summed E-state index contributed by atoms with van der Waals surface area (Å²) in [7, 11) is 1.69. The Morgan fingerprint density at radius 3 is 2.84 bits per heavy atom. The number of benzene rings is 1. The van der Waals surface area contributed by atoms with Crippen molar-refractivity contribution in [2.24, 2.45) is 0 Å². The number of nitrogens with zero attached hydrogens (tertiary/aromatic N) is 1. The maximum atomic E-state index is 11.8. The summed E-state index contributed by atoms with van der Waals surface area (Å²) in [5.74, 6) is -0.0556. The van der Waals surface area contributed by atoms with E-state index in [1.54, 1.807) is 7.05 Å². The third-order valence-electron chi connectivity index (χ3n) is 3.17. The van der Waals surface area contributed by atoms with Gasteiger partial charge in [0.1, 0.15) is 6.10 Å². The van der Waals surface area contributed by atoms with Gasteiger partial charge in [-0.25, -0.2) is 4.79 Å². The molecule has 1 fully saturated rings. The van der Waals surface area contributed by atoms with Crippen LogP contribution in [0, 0.1) is 6.92 Å². The minimum Gasteiger partial charge on any atom is -0.444 e. The quantitative estimate of drug-likeness (QED) is 0.904. The number of nitrogens with one attached hydrogen (secondary N) is 1. The van der Waals surface area contributed by atoms with Gasteiger partial charge in [-0.1, -0.05) is 18.2 Å². The summed E-state index contributed by atoms with van der Waals surface area (Å²) in [6.07, 6.45) is 0.401. The number of cyclic esters (lactones) is 1. The maximum Gasteiger partial charge on any atom is 0.409 e. The number of para-hydroxylation sites is 1. The van der Waals surface area contributed by atoms with Crippen molar-refractivity contribution in [1.82, 2.24) is 4.90 Å². The first-order valence-electron chi connectivity index (χ1n) is 6.33. The lowest BCUT2D eigenvalue weighted by molar-refractivity contribution is -0.116. The van der Waals surface area contributed by atoms with Crippen LogP contribution in [0.25, 0.3) is 0 Å². The third kappa shape index (κ3) is 3.47. The van der Waals surface area contributed by atoms with E-state index in [1.165, 1.54) is 4.90 Å². The monoisotopic (exact) mass is 262 g/mol. The van der Waals surface area contributed by atoms with Crippen LogP contribution in [0.15, 0.2) is 24.3 Å². The number of rotatable bonds is 4. The minimum absolute atomic E-state index is 0.0556. The normalized spacial score (nSPS) is 18.3. The molecule has 5 nitrogen and oxygen atoms in total. The van der Waals surface area contributed by atoms with E-state index in [0.29, 0.717) is 19.4 Å². The first-order valence-corrected chi connectivity index (χ1v) is 6.33. The SMILES string of the molecule is Cc1ccccc1NC(=O)CCC1CN(C)C(=O)O1. The average Bonchev–Trinajstić information content (AvgIpc) is 2.69. The fourth-order valence-corrected chi connectivity index (χ4v) is 2.02. The van der Waals surface area contributed by atoms with Crippen LogP contribution in [-0.4, -0.2) is 36.6 Å². The van der Waals surface area contributed by atoms with Gasteiger partial charge in [-0.15, -0.1) is 0 Å². The predicted octanol–water partition coefficient (Wildman–Crippen LogP) is 2.16. The van der Waals surface area contributed by atoms with Gasteiger partial charge >= 0.3 is 6.09 Å². The Morgan fingerprint density at radius 2 is 2.21 bits per heavy atom. The van der Waals surface area contributed by atoms with Crippen molar-refractivity contribution in [3.63, 3.8) is 0 Å². The summed E-state index contributed by atoms with van der Waals surface area (Å²) in [5, 5.41) is 2.86. The molecule has 1 saturated heterocycles. The summed E-state index contributed by atoms with van der Waals surface area (Å²) in [6, 6.07) is 7.63. The molecule has 2 rings (SSSR count). The maximum absolute atomic E-state index is 11.8. The largest absolute Gasteiger partial charge is 0.444 e. The van der Waals surface area contributed by atoms with Gasteiger partial charge in [0.2, 0.25) is 5.91 Å². The molecule has 1 aliphatic rings. The Balaban J connectivity index is 1.80. The van der Waals surface area contributed by atoms with E-state index in [2.05, 4.69) is 5.32 Å². The Labute approximate surface area is 112 Å². The highest BCUT2D eigenvalue weighted by atomic mass is 16.6. The molecule has 2 amide bonds. The van der Waals surface area contributed by atoms with Gasteiger partial charge in [-0.05, 0) is 25.0 Å². The molecule has 1 aromatic rings. The molecule has 0 radical (unpaired) electrons. The highest BCUT2D eigenvalue weighted by Crippen LogP contribution is 2.16. The van der Waals surface area contributed by atoms with E-state index in [0.717, 1.165) is 11.3 Å². The van der Waals surface area contributed by atoms with Crippen LogP contribution in [0.5, 0.6) is 0 Å². The number of amides is 2. The van der Waals surface area contributed by atoms with E-state index < -0.39 is 0 Å². The van der Waals surface area contributed by atoms with Gasteiger partial charge in [0.25, 0.3) is 0 Å². The van der Waals surface area contributed by atoms with Crippen molar-refractivity contribution < 1.29 is 14.3 Å². The van der Waals surface area contributed by atoms with Gasteiger partial charge in [0.15, 0.2) is 0 Å². The van der Waals surface area contributed by atoms with Crippen LogP contribution in [0.1, 0.15) is 18.4 Å². The minimum atomic E-state index is -0.315. The molecule has 102 valence electrons. The van der Waals surface area contributed by atoms with Crippen LogP contribution < -0.4 is 5.32 Å². The number of ether oxygens (including phenoxy) is 1. The fraction of sp³-hybridized carbons (Fsp3) is 0.429. The first kappa shape index (κ1) is 13.4. The van der Waals surface area contributed by atoms with Crippen molar-refractivity contribution >= 4 is 17.7 Å². The molecule has 1 aliphatic heterocycles. The zero-order valence-electron chi connectivity index (χ0n) is 11.2. The van der Waals surface area contributed by atoms with E-state index in [1.807, 2.05) is 31.2 Å².